The van der Waals surface area contributed by atoms with Gasteiger partial charge in [0.15, 0.2) is 16.3 Å². The zero-order chi connectivity index (χ0) is 17.7. The van der Waals surface area contributed by atoms with E-state index in [4.69, 9.17) is 26.4 Å². The van der Waals surface area contributed by atoms with Gasteiger partial charge in [0.1, 0.15) is 0 Å². The molecule has 0 bridgehead atoms. The maximum absolute atomic E-state index is 12.5. The number of H-pyrrole nitrogens is 2. The van der Waals surface area contributed by atoms with Crippen LogP contribution in [0.1, 0.15) is 22.7 Å². The van der Waals surface area contributed by atoms with Crippen molar-refractivity contribution in [2.45, 2.75) is 12.5 Å². The number of nitrogens with one attached hydrogen (secondary N) is 2. The van der Waals surface area contributed by atoms with Gasteiger partial charge in [-0.3, -0.25) is 14.7 Å². The van der Waals surface area contributed by atoms with Gasteiger partial charge in [-0.05, 0) is 37.3 Å². The van der Waals surface area contributed by atoms with E-state index in [0.717, 1.165) is 17.5 Å². The third-order valence-corrected chi connectivity index (χ3v) is 4.83. The van der Waals surface area contributed by atoms with Gasteiger partial charge < -0.3 is 24.3 Å². The number of hydrogen-bond acceptors (Lipinski definition) is 7. The molecule has 1 unspecified atom stereocenters. The number of methoxy groups -OCH3 is 1. The molecule has 0 aliphatic carbocycles. The Kier molecular flexibility index (Phi) is 3.69. The van der Waals surface area contributed by atoms with Gasteiger partial charge in [-0.15, -0.1) is 0 Å². The van der Waals surface area contributed by atoms with Crippen LogP contribution in [-0.2, 0) is 6.42 Å². The van der Waals surface area contributed by atoms with E-state index in [9.17, 15) is 9.90 Å². The van der Waals surface area contributed by atoms with E-state index in [2.05, 4.69) is 9.97 Å². The number of fused-ring (bicyclic) bond motifs is 2. The molecule has 25 heavy (non-hydrogen) atoms. The van der Waals surface area contributed by atoms with Gasteiger partial charge in [0, 0.05) is 12.1 Å². The molecule has 4 rings (SSSR count). The molecule has 1 aromatic carbocycles. The number of hydrogen-bond donors (Lipinski definition) is 3. The van der Waals surface area contributed by atoms with Gasteiger partial charge in [-0.2, -0.15) is 0 Å². The first-order valence-electron chi connectivity index (χ1n) is 7.76. The number of rotatable bonds is 2. The SMILES string of the molecule is COc1c2c(cc3c1C(c1c(O)[nH]c(=S)[nH]c1=O)N(C)CC3)OCO2. The zero-order valence-corrected chi connectivity index (χ0v) is 14.5. The van der Waals surface area contributed by atoms with E-state index in [0.29, 0.717) is 23.8 Å². The molecule has 3 N–H and O–H groups in total. The summed E-state index contributed by atoms with van der Waals surface area (Å²) < 4.78 is 16.7. The predicted molar refractivity (Wildman–Crippen MR) is 91.2 cm³/mol. The molecule has 1 aromatic heterocycles. The molecular weight excluding hydrogens is 346 g/mol. The average molecular weight is 363 g/mol. The van der Waals surface area contributed by atoms with Crippen molar-refractivity contribution in [1.29, 1.82) is 0 Å². The van der Waals surface area contributed by atoms with Gasteiger partial charge in [-0.25, -0.2) is 0 Å². The van der Waals surface area contributed by atoms with E-state index >= 15 is 0 Å². The van der Waals surface area contributed by atoms with Crippen molar-refractivity contribution in [2.24, 2.45) is 0 Å². The fourth-order valence-corrected chi connectivity index (χ4v) is 3.72. The van der Waals surface area contributed by atoms with Crippen LogP contribution in [0.25, 0.3) is 0 Å². The Morgan fingerprint density at radius 2 is 2.16 bits per heavy atom. The van der Waals surface area contributed by atoms with Crippen LogP contribution in [0.15, 0.2) is 10.9 Å². The maximum Gasteiger partial charge on any atom is 0.260 e. The number of aromatic amines is 2. The lowest BCUT2D eigenvalue weighted by molar-refractivity contribution is 0.170. The molecule has 0 radical (unpaired) electrons. The van der Waals surface area contributed by atoms with Crippen molar-refractivity contribution in [2.75, 3.05) is 27.5 Å². The first-order valence-corrected chi connectivity index (χ1v) is 8.17. The molecule has 2 aliphatic rings. The second-order valence-corrected chi connectivity index (χ2v) is 6.43. The number of aromatic hydroxyl groups is 1. The Hall–Kier alpha value is -2.52. The third-order valence-electron chi connectivity index (χ3n) is 4.63. The number of likely N-dealkylation sites (N-methyl/N-ethyl adjacent to an activating group) is 1. The fourth-order valence-electron chi connectivity index (χ4n) is 3.54. The van der Waals surface area contributed by atoms with Crippen LogP contribution in [-0.4, -0.2) is 47.5 Å². The summed E-state index contributed by atoms with van der Waals surface area (Å²) in [6.07, 6.45) is 0.761. The highest BCUT2D eigenvalue weighted by Crippen LogP contribution is 2.50. The molecular formula is C16H17N3O5S. The van der Waals surface area contributed by atoms with Crippen molar-refractivity contribution < 1.29 is 19.3 Å². The van der Waals surface area contributed by atoms with Crippen LogP contribution in [0.2, 0.25) is 0 Å². The molecule has 0 fully saturated rings. The van der Waals surface area contributed by atoms with Gasteiger partial charge >= 0.3 is 0 Å². The fraction of sp³-hybridized carbons (Fsp3) is 0.375. The number of nitrogens with zero attached hydrogens (tertiary/aromatic N) is 1. The summed E-state index contributed by atoms with van der Waals surface area (Å²) in [5.41, 5.74) is 1.53. The zero-order valence-electron chi connectivity index (χ0n) is 13.7. The van der Waals surface area contributed by atoms with Gasteiger partial charge in [-0.1, -0.05) is 0 Å². The summed E-state index contributed by atoms with van der Waals surface area (Å²) in [5, 5.41) is 10.4. The van der Waals surface area contributed by atoms with Gasteiger partial charge in [0.05, 0.1) is 18.7 Å². The van der Waals surface area contributed by atoms with E-state index in [1.165, 1.54) is 0 Å². The Morgan fingerprint density at radius 1 is 1.36 bits per heavy atom. The molecule has 8 nitrogen and oxygen atoms in total. The lowest BCUT2D eigenvalue weighted by Gasteiger charge is -2.35. The summed E-state index contributed by atoms with van der Waals surface area (Å²) in [6.45, 7) is 0.828. The van der Waals surface area contributed by atoms with Crippen LogP contribution >= 0.6 is 12.2 Å². The smallest absolute Gasteiger partial charge is 0.260 e. The van der Waals surface area contributed by atoms with E-state index in [1.54, 1.807) is 7.11 Å². The molecule has 1 atom stereocenters. The van der Waals surface area contributed by atoms with Crippen molar-refractivity contribution in [3.8, 4) is 23.1 Å². The number of benzene rings is 1. The minimum absolute atomic E-state index is 0.0718. The Bertz CT molecular complexity index is 967. The molecule has 2 aliphatic heterocycles. The summed E-state index contributed by atoms with van der Waals surface area (Å²) in [5.74, 6) is 1.41. The van der Waals surface area contributed by atoms with Crippen LogP contribution in [0.4, 0.5) is 0 Å². The third kappa shape index (κ3) is 2.38. The number of ether oxygens (including phenoxy) is 3. The second-order valence-electron chi connectivity index (χ2n) is 6.02. The van der Waals surface area contributed by atoms with Crippen molar-refractivity contribution in [3.63, 3.8) is 0 Å². The quantitative estimate of drug-likeness (QED) is 0.695. The van der Waals surface area contributed by atoms with Crippen LogP contribution in [0.3, 0.4) is 0 Å². The van der Waals surface area contributed by atoms with Crippen LogP contribution in [0, 0.1) is 4.77 Å². The first-order chi connectivity index (χ1) is 12.0. The normalized spacial score (nSPS) is 18.9. The monoisotopic (exact) mass is 363 g/mol. The molecule has 3 heterocycles. The number of aromatic nitrogens is 2. The van der Waals surface area contributed by atoms with Crippen molar-refractivity contribution in [3.05, 3.63) is 37.9 Å². The highest BCUT2D eigenvalue weighted by Gasteiger charge is 2.37. The molecule has 0 saturated carbocycles. The molecule has 0 spiro atoms. The van der Waals surface area contributed by atoms with Gasteiger partial charge in [0.25, 0.3) is 5.56 Å². The standard InChI is InChI=1S/C16H17N3O5S/c1-19-4-3-7-5-8-12(24-6-23-8)13(22-2)9(7)11(19)10-14(20)17-16(25)18-15(10)21/h5,11H,3-4,6H2,1-2H3,(H3,17,18,20,21,25). The van der Waals surface area contributed by atoms with Crippen LogP contribution < -0.4 is 19.8 Å². The highest BCUT2D eigenvalue weighted by molar-refractivity contribution is 7.71. The largest absolute Gasteiger partial charge is 0.494 e. The minimum atomic E-state index is -0.510. The lowest BCUT2D eigenvalue weighted by atomic mass is 9.87. The molecule has 9 heteroatoms. The first kappa shape index (κ1) is 16.0. The molecule has 132 valence electrons. The lowest BCUT2D eigenvalue weighted by Crippen LogP contribution is -2.36. The summed E-state index contributed by atoms with van der Waals surface area (Å²) in [6, 6.07) is 1.40. The summed E-state index contributed by atoms with van der Waals surface area (Å²) in [7, 11) is 3.43. The maximum atomic E-state index is 12.5. The molecule has 2 aromatic rings. The minimum Gasteiger partial charge on any atom is -0.494 e. The van der Waals surface area contributed by atoms with Crippen LogP contribution in [0.5, 0.6) is 23.1 Å². The molecule has 0 saturated heterocycles. The highest BCUT2D eigenvalue weighted by atomic mass is 32.1. The Morgan fingerprint density at radius 3 is 2.88 bits per heavy atom. The Balaban J connectivity index is 2.01. The van der Waals surface area contributed by atoms with Crippen molar-refractivity contribution >= 4 is 12.2 Å². The predicted octanol–water partition coefficient (Wildman–Crippen LogP) is 1.45. The Labute approximate surface area is 148 Å². The second kappa shape index (κ2) is 5.78. The van der Waals surface area contributed by atoms with E-state index < -0.39 is 11.6 Å². The summed E-state index contributed by atoms with van der Waals surface area (Å²) in [4.78, 5) is 19.7. The molecule has 0 amide bonds. The topological polar surface area (TPSA) is 99.8 Å². The van der Waals surface area contributed by atoms with E-state index in [-0.39, 0.29) is 23.0 Å². The van der Waals surface area contributed by atoms with Crippen molar-refractivity contribution in [1.82, 2.24) is 14.9 Å². The van der Waals surface area contributed by atoms with Gasteiger partial charge in [0.2, 0.25) is 18.4 Å². The van der Waals surface area contributed by atoms with E-state index in [1.807, 2.05) is 18.0 Å². The average Bonchev–Trinajstić information content (AvgIpc) is 3.02. The summed E-state index contributed by atoms with van der Waals surface area (Å²) >= 11 is 4.92.